The van der Waals surface area contributed by atoms with E-state index < -0.39 is 0 Å². The molecule has 6 heteroatoms. The number of carbonyl (C=O) groups is 2. The van der Waals surface area contributed by atoms with Crippen LogP contribution in [-0.4, -0.2) is 50.6 Å². The van der Waals surface area contributed by atoms with Gasteiger partial charge in [0.05, 0.1) is 20.6 Å². The van der Waals surface area contributed by atoms with Crippen LogP contribution in [0.1, 0.15) is 31.7 Å². The van der Waals surface area contributed by atoms with Gasteiger partial charge in [-0.2, -0.15) is 0 Å². The van der Waals surface area contributed by atoms with Crippen molar-refractivity contribution in [2.24, 2.45) is 5.92 Å². The van der Waals surface area contributed by atoms with E-state index in [9.17, 15) is 9.59 Å². The van der Waals surface area contributed by atoms with E-state index in [2.05, 4.69) is 5.32 Å². The molecule has 6 nitrogen and oxygen atoms in total. The Morgan fingerprint density at radius 3 is 2.44 bits per heavy atom. The fraction of sp³-hybridized carbons (Fsp3) is 0.579. The topological polar surface area (TPSA) is 67.9 Å². The molecule has 0 radical (unpaired) electrons. The average molecular weight is 348 g/mol. The summed E-state index contributed by atoms with van der Waals surface area (Å²) in [6, 6.07) is 5.53. The van der Waals surface area contributed by atoms with Crippen molar-refractivity contribution < 1.29 is 19.1 Å². The maximum atomic E-state index is 12.5. The van der Waals surface area contributed by atoms with Gasteiger partial charge in [-0.15, -0.1) is 0 Å². The minimum absolute atomic E-state index is 0.0247. The van der Waals surface area contributed by atoms with E-state index in [0.717, 1.165) is 31.4 Å². The standard InChI is InChI=1S/C19H28N2O4/c1-4-9-20-19(23)15-7-10-21(11-8-15)18(22)13-14-5-6-16(24-2)17(12-14)25-3/h5-6,12,15H,4,7-11,13H2,1-3H3,(H,20,23). The van der Waals surface area contributed by atoms with Gasteiger partial charge in [-0.05, 0) is 37.0 Å². The van der Waals surface area contributed by atoms with Gasteiger partial charge >= 0.3 is 0 Å². The van der Waals surface area contributed by atoms with Gasteiger partial charge in [0, 0.05) is 25.6 Å². The van der Waals surface area contributed by atoms with Crippen LogP contribution in [0.4, 0.5) is 0 Å². The summed E-state index contributed by atoms with van der Waals surface area (Å²) in [6.07, 6.45) is 2.72. The molecular weight excluding hydrogens is 320 g/mol. The predicted molar refractivity (Wildman–Crippen MR) is 95.9 cm³/mol. The molecule has 0 atom stereocenters. The first kappa shape index (κ1) is 19.1. The lowest BCUT2D eigenvalue weighted by Gasteiger charge is -2.31. The fourth-order valence-electron chi connectivity index (χ4n) is 3.06. The normalized spacial score (nSPS) is 14.9. The Hall–Kier alpha value is -2.24. The van der Waals surface area contributed by atoms with E-state index in [-0.39, 0.29) is 17.7 Å². The molecule has 0 bridgehead atoms. The number of ether oxygens (including phenoxy) is 2. The number of likely N-dealkylation sites (tertiary alicyclic amines) is 1. The maximum absolute atomic E-state index is 12.5. The number of piperidine rings is 1. The van der Waals surface area contributed by atoms with Crippen LogP contribution in [-0.2, 0) is 16.0 Å². The van der Waals surface area contributed by atoms with Crippen molar-refractivity contribution in [1.82, 2.24) is 10.2 Å². The third kappa shape index (κ3) is 5.11. The highest BCUT2D eigenvalue weighted by Gasteiger charge is 2.27. The first-order chi connectivity index (χ1) is 12.1. The molecule has 0 spiro atoms. The molecule has 1 aromatic carbocycles. The molecule has 0 unspecified atom stereocenters. The van der Waals surface area contributed by atoms with Gasteiger partial charge in [-0.25, -0.2) is 0 Å². The molecule has 1 aromatic rings. The SMILES string of the molecule is CCCNC(=O)C1CCN(C(=O)Cc2ccc(OC)c(OC)c2)CC1. The van der Waals surface area contributed by atoms with Gasteiger partial charge < -0.3 is 19.7 Å². The molecule has 1 aliphatic heterocycles. The van der Waals surface area contributed by atoms with Crippen LogP contribution in [0.25, 0.3) is 0 Å². The molecule has 1 heterocycles. The van der Waals surface area contributed by atoms with Crippen molar-refractivity contribution in [1.29, 1.82) is 0 Å². The molecule has 2 rings (SSSR count). The van der Waals surface area contributed by atoms with Gasteiger partial charge in [-0.3, -0.25) is 9.59 Å². The Morgan fingerprint density at radius 1 is 1.16 bits per heavy atom. The number of carbonyl (C=O) groups excluding carboxylic acids is 2. The van der Waals surface area contributed by atoms with Crippen LogP contribution in [0.5, 0.6) is 11.5 Å². The number of methoxy groups -OCH3 is 2. The minimum atomic E-state index is 0.0247. The molecule has 0 aliphatic carbocycles. The average Bonchev–Trinajstić information content (AvgIpc) is 2.66. The maximum Gasteiger partial charge on any atom is 0.226 e. The second kappa shape index (κ2) is 9.30. The van der Waals surface area contributed by atoms with Crippen LogP contribution < -0.4 is 14.8 Å². The number of benzene rings is 1. The second-order valence-corrected chi connectivity index (χ2v) is 6.31. The molecule has 1 saturated heterocycles. The Balaban J connectivity index is 1.87. The lowest BCUT2D eigenvalue weighted by molar-refractivity contribution is -0.135. The largest absolute Gasteiger partial charge is 0.493 e. The Morgan fingerprint density at radius 2 is 1.84 bits per heavy atom. The third-order valence-corrected chi connectivity index (χ3v) is 4.57. The molecule has 1 aliphatic rings. The van der Waals surface area contributed by atoms with E-state index in [1.165, 1.54) is 0 Å². The predicted octanol–water partition coefficient (Wildman–Crippen LogP) is 2.01. The Bertz CT molecular complexity index is 595. The van der Waals surface area contributed by atoms with Crippen LogP contribution >= 0.6 is 0 Å². The van der Waals surface area contributed by atoms with Crippen LogP contribution in [0, 0.1) is 5.92 Å². The highest BCUT2D eigenvalue weighted by molar-refractivity contribution is 5.81. The van der Waals surface area contributed by atoms with Gasteiger partial charge in [0.2, 0.25) is 11.8 Å². The highest BCUT2D eigenvalue weighted by atomic mass is 16.5. The second-order valence-electron chi connectivity index (χ2n) is 6.31. The summed E-state index contributed by atoms with van der Waals surface area (Å²) in [7, 11) is 3.17. The number of nitrogens with one attached hydrogen (secondary N) is 1. The summed E-state index contributed by atoms with van der Waals surface area (Å²) in [5.41, 5.74) is 0.894. The zero-order chi connectivity index (χ0) is 18.2. The quantitative estimate of drug-likeness (QED) is 0.818. The van der Waals surface area contributed by atoms with Gasteiger partial charge in [0.25, 0.3) is 0 Å². The smallest absolute Gasteiger partial charge is 0.226 e. The van der Waals surface area contributed by atoms with E-state index in [4.69, 9.17) is 9.47 Å². The summed E-state index contributed by atoms with van der Waals surface area (Å²) >= 11 is 0. The van der Waals surface area contributed by atoms with Gasteiger partial charge in [-0.1, -0.05) is 13.0 Å². The number of hydrogen-bond donors (Lipinski definition) is 1. The zero-order valence-corrected chi connectivity index (χ0v) is 15.3. The van der Waals surface area contributed by atoms with Crippen molar-refractivity contribution in [3.63, 3.8) is 0 Å². The molecule has 0 aromatic heterocycles. The first-order valence-electron chi connectivity index (χ1n) is 8.85. The van der Waals surface area contributed by atoms with Gasteiger partial charge in [0.1, 0.15) is 0 Å². The Kier molecular flexibility index (Phi) is 7.10. The molecular formula is C19H28N2O4. The number of nitrogens with zero attached hydrogens (tertiary/aromatic N) is 1. The van der Waals surface area contributed by atoms with Crippen molar-refractivity contribution in [2.45, 2.75) is 32.6 Å². The first-order valence-corrected chi connectivity index (χ1v) is 8.85. The van der Waals surface area contributed by atoms with Crippen LogP contribution in [0.2, 0.25) is 0 Å². The zero-order valence-electron chi connectivity index (χ0n) is 15.3. The number of amides is 2. The van der Waals surface area contributed by atoms with Crippen LogP contribution in [0.15, 0.2) is 18.2 Å². The Labute approximate surface area is 149 Å². The van der Waals surface area contributed by atoms with Crippen molar-refractivity contribution in [2.75, 3.05) is 33.9 Å². The summed E-state index contributed by atoms with van der Waals surface area (Å²) in [6.45, 7) is 4.03. The molecule has 138 valence electrons. The molecule has 1 N–H and O–H groups in total. The number of rotatable bonds is 7. The summed E-state index contributed by atoms with van der Waals surface area (Å²) in [5, 5.41) is 2.94. The summed E-state index contributed by atoms with van der Waals surface area (Å²) in [5.74, 6) is 1.50. The summed E-state index contributed by atoms with van der Waals surface area (Å²) in [4.78, 5) is 26.4. The van der Waals surface area contributed by atoms with Crippen molar-refractivity contribution in [3.8, 4) is 11.5 Å². The lowest BCUT2D eigenvalue weighted by Crippen LogP contribution is -2.43. The van der Waals surface area contributed by atoms with Gasteiger partial charge in [0.15, 0.2) is 11.5 Å². The minimum Gasteiger partial charge on any atom is -0.493 e. The molecule has 1 fully saturated rings. The molecule has 2 amide bonds. The van der Waals surface area contributed by atoms with Crippen LogP contribution in [0.3, 0.4) is 0 Å². The van der Waals surface area contributed by atoms with Crippen molar-refractivity contribution >= 4 is 11.8 Å². The monoisotopic (exact) mass is 348 g/mol. The van der Waals surface area contributed by atoms with E-state index in [0.29, 0.717) is 31.0 Å². The molecule has 25 heavy (non-hydrogen) atoms. The number of hydrogen-bond acceptors (Lipinski definition) is 4. The lowest BCUT2D eigenvalue weighted by atomic mass is 9.95. The van der Waals surface area contributed by atoms with E-state index >= 15 is 0 Å². The van der Waals surface area contributed by atoms with E-state index in [1.54, 1.807) is 14.2 Å². The fourth-order valence-corrected chi connectivity index (χ4v) is 3.06. The van der Waals surface area contributed by atoms with Crippen molar-refractivity contribution in [3.05, 3.63) is 23.8 Å². The highest BCUT2D eigenvalue weighted by Crippen LogP contribution is 2.28. The molecule has 0 saturated carbocycles. The third-order valence-electron chi connectivity index (χ3n) is 4.57. The van der Waals surface area contributed by atoms with E-state index in [1.807, 2.05) is 30.0 Å². The summed E-state index contributed by atoms with van der Waals surface area (Å²) < 4.78 is 10.5.